The van der Waals surface area contributed by atoms with Gasteiger partial charge in [-0.2, -0.15) is 0 Å². The Balaban J connectivity index is 1.87. The van der Waals surface area contributed by atoms with Crippen molar-refractivity contribution in [3.05, 3.63) is 39.0 Å². The maximum absolute atomic E-state index is 13.8. The predicted octanol–water partition coefficient (Wildman–Crippen LogP) is 3.07. The average molecular weight is 485 g/mol. The van der Waals surface area contributed by atoms with E-state index in [-0.39, 0.29) is 58.3 Å². The fourth-order valence-electron chi connectivity index (χ4n) is 5.16. The van der Waals surface area contributed by atoms with E-state index in [1.165, 1.54) is 27.0 Å². The van der Waals surface area contributed by atoms with Gasteiger partial charge in [0.2, 0.25) is 0 Å². The zero-order chi connectivity index (χ0) is 25.6. The number of aliphatic hydroxyl groups excluding tert-OH is 1. The standard InChI is InChI=1S/C26H28O9/c1-25(2,32)17(30)7-10-13(27)8-14(28)19-21(31)11-6-12-18-20(23(11)34-22(10)19)16(33-5)9-15(29)24(18)35-26(12,3)4/h8-9,12,17,27-30,32H,6-7H2,1-5H3/t12-,17-/m0/s1. The Morgan fingerprint density at radius 1 is 1.17 bits per heavy atom. The number of phenols is 3. The van der Waals surface area contributed by atoms with E-state index < -0.39 is 28.5 Å². The summed E-state index contributed by atoms with van der Waals surface area (Å²) in [6.07, 6.45) is -1.31. The highest BCUT2D eigenvalue weighted by Gasteiger charge is 2.49. The number of aromatic hydroxyl groups is 3. The molecule has 9 nitrogen and oxygen atoms in total. The molecular formula is C26H28O9. The van der Waals surface area contributed by atoms with Gasteiger partial charge in [-0.05, 0) is 34.1 Å². The molecule has 2 aliphatic rings. The highest BCUT2D eigenvalue weighted by atomic mass is 16.5. The molecule has 0 saturated carbocycles. The van der Waals surface area contributed by atoms with E-state index in [4.69, 9.17) is 13.9 Å². The van der Waals surface area contributed by atoms with Crippen LogP contribution in [0.4, 0.5) is 0 Å². The lowest BCUT2D eigenvalue weighted by atomic mass is 9.74. The lowest BCUT2D eigenvalue weighted by Gasteiger charge is -2.30. The van der Waals surface area contributed by atoms with Gasteiger partial charge in [-0.15, -0.1) is 0 Å². The lowest BCUT2D eigenvalue weighted by Crippen LogP contribution is -2.37. The number of ether oxygens (including phenoxy) is 2. The third kappa shape index (κ3) is 3.25. The van der Waals surface area contributed by atoms with Crippen LogP contribution in [0.1, 0.15) is 50.3 Å². The van der Waals surface area contributed by atoms with Crippen LogP contribution in [0, 0.1) is 0 Å². The number of phenolic OH excluding ortho intramolecular Hbond substituents is 3. The third-order valence-corrected chi connectivity index (χ3v) is 7.20. The molecule has 0 fully saturated rings. The van der Waals surface area contributed by atoms with Crippen molar-refractivity contribution in [3.63, 3.8) is 0 Å². The second kappa shape index (κ2) is 7.29. The van der Waals surface area contributed by atoms with Gasteiger partial charge in [0.05, 0.1) is 24.4 Å². The minimum absolute atomic E-state index is 0.0698. The first-order chi connectivity index (χ1) is 16.3. The monoisotopic (exact) mass is 484 g/mol. The summed E-state index contributed by atoms with van der Waals surface area (Å²) in [6, 6.07) is 2.43. The zero-order valence-corrected chi connectivity index (χ0v) is 20.1. The van der Waals surface area contributed by atoms with Crippen molar-refractivity contribution in [1.29, 1.82) is 0 Å². The van der Waals surface area contributed by atoms with Gasteiger partial charge in [-0.1, -0.05) is 0 Å². The van der Waals surface area contributed by atoms with E-state index in [2.05, 4.69) is 0 Å². The number of benzene rings is 2. The Bertz CT molecular complexity index is 1440. The molecule has 186 valence electrons. The van der Waals surface area contributed by atoms with Crippen LogP contribution in [0.2, 0.25) is 0 Å². The molecule has 1 aliphatic heterocycles. The Hall–Kier alpha value is -3.43. The number of rotatable bonds is 4. The number of hydrogen-bond donors (Lipinski definition) is 5. The van der Waals surface area contributed by atoms with Crippen LogP contribution in [-0.2, 0) is 12.8 Å². The van der Waals surface area contributed by atoms with Crippen LogP contribution in [0.3, 0.4) is 0 Å². The predicted molar refractivity (Wildman–Crippen MR) is 127 cm³/mol. The SMILES string of the molecule is COc1cc(O)c2c3c1-c1oc4c(C[C@H](O)C(C)(C)O)c(O)cc(O)c4c(=O)c1C[C@@H]3C(C)(C)O2. The summed E-state index contributed by atoms with van der Waals surface area (Å²) in [6.45, 7) is 6.57. The fourth-order valence-corrected chi connectivity index (χ4v) is 5.16. The molecule has 0 amide bonds. The van der Waals surface area contributed by atoms with Crippen LogP contribution in [0.5, 0.6) is 28.7 Å². The molecule has 1 aromatic heterocycles. The second-order valence-corrected chi connectivity index (χ2v) is 10.4. The second-order valence-electron chi connectivity index (χ2n) is 10.4. The molecule has 0 radical (unpaired) electrons. The summed E-state index contributed by atoms with van der Waals surface area (Å²) in [5.74, 6) is -0.482. The molecule has 35 heavy (non-hydrogen) atoms. The summed E-state index contributed by atoms with van der Waals surface area (Å²) in [5, 5.41) is 52.4. The molecule has 3 aromatic rings. The summed E-state index contributed by atoms with van der Waals surface area (Å²) < 4.78 is 17.9. The van der Waals surface area contributed by atoms with Crippen molar-refractivity contribution in [2.24, 2.45) is 0 Å². The van der Waals surface area contributed by atoms with Gasteiger partial charge in [0.25, 0.3) is 0 Å². The molecule has 0 saturated heterocycles. The Labute approximate surface area is 200 Å². The van der Waals surface area contributed by atoms with Gasteiger partial charge in [-0.3, -0.25) is 4.79 Å². The lowest BCUT2D eigenvalue weighted by molar-refractivity contribution is -0.0470. The summed E-state index contributed by atoms with van der Waals surface area (Å²) in [5.41, 5.74) is -1.34. The maximum atomic E-state index is 13.8. The van der Waals surface area contributed by atoms with Crippen molar-refractivity contribution in [2.75, 3.05) is 7.11 Å². The normalized spacial score (nSPS) is 18.7. The summed E-state index contributed by atoms with van der Waals surface area (Å²) in [4.78, 5) is 13.8. The Morgan fingerprint density at radius 2 is 1.86 bits per heavy atom. The van der Waals surface area contributed by atoms with Gasteiger partial charge in [0.1, 0.15) is 39.6 Å². The molecule has 5 N–H and O–H groups in total. The first kappa shape index (κ1) is 23.3. The third-order valence-electron chi connectivity index (χ3n) is 7.20. The Kier molecular flexibility index (Phi) is 4.85. The first-order valence-corrected chi connectivity index (χ1v) is 11.3. The minimum Gasteiger partial charge on any atom is -0.507 e. The van der Waals surface area contributed by atoms with Crippen LogP contribution in [0.25, 0.3) is 22.3 Å². The molecular weight excluding hydrogens is 456 g/mol. The minimum atomic E-state index is -1.50. The van der Waals surface area contributed by atoms with Gasteiger partial charge >= 0.3 is 0 Å². The number of aliphatic hydroxyl groups is 2. The average Bonchev–Trinajstić information content (AvgIpc) is 3.03. The van der Waals surface area contributed by atoms with Crippen molar-refractivity contribution in [3.8, 4) is 40.1 Å². The molecule has 9 heteroatoms. The number of hydrogen-bond acceptors (Lipinski definition) is 9. The largest absolute Gasteiger partial charge is 0.507 e. The van der Waals surface area contributed by atoms with E-state index in [1.54, 1.807) is 0 Å². The molecule has 0 unspecified atom stereocenters. The van der Waals surface area contributed by atoms with Crippen molar-refractivity contribution in [2.45, 2.75) is 63.8 Å². The van der Waals surface area contributed by atoms with Crippen LogP contribution in [0.15, 0.2) is 21.3 Å². The van der Waals surface area contributed by atoms with E-state index in [9.17, 15) is 30.3 Å². The molecule has 0 bridgehead atoms. The van der Waals surface area contributed by atoms with E-state index in [0.29, 0.717) is 22.4 Å². The van der Waals surface area contributed by atoms with Crippen molar-refractivity contribution >= 4 is 11.0 Å². The summed E-state index contributed by atoms with van der Waals surface area (Å²) in [7, 11) is 1.43. The van der Waals surface area contributed by atoms with Crippen LogP contribution >= 0.6 is 0 Å². The van der Waals surface area contributed by atoms with Crippen molar-refractivity contribution in [1.82, 2.24) is 0 Å². The highest BCUT2D eigenvalue weighted by molar-refractivity contribution is 5.92. The van der Waals surface area contributed by atoms with Crippen LogP contribution in [-0.4, -0.2) is 49.9 Å². The van der Waals surface area contributed by atoms with E-state index in [1.807, 2.05) is 13.8 Å². The zero-order valence-electron chi connectivity index (χ0n) is 20.1. The van der Waals surface area contributed by atoms with Gasteiger partial charge in [0.15, 0.2) is 16.9 Å². The molecule has 0 spiro atoms. The topological polar surface area (TPSA) is 150 Å². The first-order valence-electron chi connectivity index (χ1n) is 11.3. The molecule has 2 atom stereocenters. The quantitative estimate of drug-likeness (QED) is 0.376. The van der Waals surface area contributed by atoms with Gasteiger partial charge < -0.3 is 39.4 Å². The van der Waals surface area contributed by atoms with Crippen LogP contribution < -0.4 is 14.9 Å². The molecule has 2 aromatic carbocycles. The van der Waals surface area contributed by atoms with E-state index in [0.717, 1.165) is 6.07 Å². The number of methoxy groups -OCH3 is 1. The molecule has 1 aliphatic carbocycles. The van der Waals surface area contributed by atoms with Crippen molar-refractivity contribution < 1.29 is 39.4 Å². The Morgan fingerprint density at radius 3 is 2.49 bits per heavy atom. The summed E-state index contributed by atoms with van der Waals surface area (Å²) >= 11 is 0. The molecule has 5 rings (SSSR count). The molecule has 2 heterocycles. The van der Waals surface area contributed by atoms with E-state index >= 15 is 0 Å². The van der Waals surface area contributed by atoms with Gasteiger partial charge in [-0.25, -0.2) is 0 Å². The highest BCUT2D eigenvalue weighted by Crippen LogP contribution is 2.59. The maximum Gasteiger partial charge on any atom is 0.200 e. The smallest absolute Gasteiger partial charge is 0.200 e. The van der Waals surface area contributed by atoms with Gasteiger partial charge in [0, 0.05) is 41.2 Å². The fraction of sp³-hybridized carbons (Fsp3) is 0.423. The number of fused-ring (bicyclic) bond motifs is 3.